The molecule has 0 atom stereocenters. The molecule has 0 aliphatic rings. The van der Waals surface area contributed by atoms with Gasteiger partial charge in [-0.15, -0.1) is 0 Å². The number of carbonyl (C=O) groups excluding carboxylic acids is 1. The molecule has 4 rings (SSSR count). The zero-order chi connectivity index (χ0) is 22.4. The van der Waals surface area contributed by atoms with E-state index in [2.05, 4.69) is 41.7 Å². The molecule has 0 fully saturated rings. The van der Waals surface area contributed by atoms with Crippen molar-refractivity contribution in [2.24, 2.45) is 0 Å². The maximum Gasteiger partial charge on any atom is 0.258 e. The Bertz CT molecular complexity index is 1110. The van der Waals surface area contributed by atoms with E-state index in [0.717, 1.165) is 15.9 Å². The maximum absolute atomic E-state index is 13.2. The molecule has 0 aliphatic heterocycles. The molecule has 158 valence electrons. The van der Waals surface area contributed by atoms with E-state index in [9.17, 15) is 4.79 Å². The van der Waals surface area contributed by atoms with Gasteiger partial charge in [-0.1, -0.05) is 77.8 Å². The Hall–Kier alpha value is -2.90. The van der Waals surface area contributed by atoms with E-state index >= 15 is 0 Å². The smallest absolute Gasteiger partial charge is 0.258 e. The molecule has 0 aromatic heterocycles. The average molecular weight is 477 g/mol. The van der Waals surface area contributed by atoms with Crippen LogP contribution in [0.5, 0.6) is 0 Å². The minimum atomic E-state index is -2.48. The summed E-state index contributed by atoms with van der Waals surface area (Å²) in [5, 5.41) is 7.01. The van der Waals surface area contributed by atoms with Crippen molar-refractivity contribution < 1.29 is 4.79 Å². The van der Waals surface area contributed by atoms with Crippen LogP contribution in [0.4, 0.5) is 0 Å². The molecule has 0 unspecified atom stereocenters. The number of hydrogen-bond acceptors (Lipinski definition) is 1. The highest BCUT2D eigenvalue weighted by molar-refractivity contribution is 7.99. The van der Waals surface area contributed by atoms with E-state index in [4.69, 9.17) is 23.2 Å². The van der Waals surface area contributed by atoms with Crippen molar-refractivity contribution in [3.63, 3.8) is 0 Å². The molecule has 0 heterocycles. The van der Waals surface area contributed by atoms with Crippen LogP contribution in [0.2, 0.25) is 5.02 Å². The minimum absolute atomic E-state index is 0.235. The molecule has 0 spiro atoms. The monoisotopic (exact) mass is 476 g/mol. The first-order valence-corrected chi connectivity index (χ1v) is 12.7. The number of benzene rings is 4. The van der Waals surface area contributed by atoms with Crippen LogP contribution in [0.3, 0.4) is 0 Å². The van der Waals surface area contributed by atoms with Gasteiger partial charge in [0.05, 0.1) is 5.54 Å². The van der Waals surface area contributed by atoms with Crippen molar-refractivity contribution >= 4 is 52.3 Å². The third-order valence-corrected chi connectivity index (χ3v) is 10.0. The fraction of sp³-hybridized carbons (Fsp3) is 0. The zero-order valence-electron chi connectivity index (χ0n) is 17.2. The first kappa shape index (κ1) is 22.3. The summed E-state index contributed by atoms with van der Waals surface area (Å²) in [6.45, 7) is 0. The molecule has 0 saturated carbocycles. The third-order valence-electron chi connectivity index (χ3n) is 5.24. The Kier molecular flexibility index (Phi) is 7.07. The van der Waals surface area contributed by atoms with Crippen molar-refractivity contribution in [1.29, 1.82) is 0 Å². The van der Waals surface area contributed by atoms with Gasteiger partial charge in [-0.3, -0.25) is 10.1 Å². The second kappa shape index (κ2) is 10.1. The Morgan fingerprint density at radius 1 is 0.656 bits per heavy atom. The maximum atomic E-state index is 13.2. The number of amides is 1. The van der Waals surface area contributed by atoms with Gasteiger partial charge >= 0.3 is 0 Å². The van der Waals surface area contributed by atoms with Crippen LogP contribution in [-0.4, -0.2) is 5.91 Å². The largest absolute Gasteiger partial charge is 0.291 e. The number of rotatable bonds is 6. The topological polar surface area (TPSA) is 29.1 Å². The molecule has 0 bridgehead atoms. The standard InChI is InChI=1S/C27H20Cl2NOP/c28-20-26(30-27(31)21-16-18-22(29)19-17-21)32(23-10-4-1-5-11-23,24-12-6-2-7-13-24)25-14-8-3-9-15-25/h1-20H/p+1/b26-20+. The van der Waals surface area contributed by atoms with Gasteiger partial charge in [-0.05, 0) is 60.7 Å². The van der Waals surface area contributed by atoms with Crippen LogP contribution in [0.15, 0.2) is 126 Å². The molecule has 4 aromatic rings. The van der Waals surface area contributed by atoms with Gasteiger partial charge in [0.25, 0.3) is 5.91 Å². The van der Waals surface area contributed by atoms with Gasteiger partial charge in [0.2, 0.25) is 0 Å². The van der Waals surface area contributed by atoms with E-state index in [-0.39, 0.29) is 5.91 Å². The second-order valence-electron chi connectivity index (χ2n) is 7.13. The first-order chi connectivity index (χ1) is 15.7. The predicted octanol–water partition coefficient (Wildman–Crippen LogP) is 6.10. The summed E-state index contributed by atoms with van der Waals surface area (Å²) in [6, 6.07) is 37.5. The van der Waals surface area contributed by atoms with E-state index in [1.807, 2.05) is 54.6 Å². The first-order valence-electron chi connectivity index (χ1n) is 10.1. The van der Waals surface area contributed by atoms with Crippen LogP contribution >= 0.6 is 30.5 Å². The Balaban J connectivity index is 1.93. The molecule has 1 N–H and O–H groups in total. The molecule has 0 saturated heterocycles. The highest BCUT2D eigenvalue weighted by Gasteiger charge is 2.50. The van der Waals surface area contributed by atoms with Crippen LogP contribution in [0.1, 0.15) is 10.4 Å². The molecule has 1 amide bonds. The average Bonchev–Trinajstić information content (AvgIpc) is 2.86. The van der Waals surface area contributed by atoms with Crippen LogP contribution < -0.4 is 21.2 Å². The van der Waals surface area contributed by atoms with Crippen molar-refractivity contribution in [2.45, 2.75) is 0 Å². The minimum Gasteiger partial charge on any atom is -0.291 e. The lowest BCUT2D eigenvalue weighted by Gasteiger charge is -2.29. The lowest BCUT2D eigenvalue weighted by molar-refractivity contribution is 0.0968. The highest BCUT2D eigenvalue weighted by atomic mass is 35.5. The quantitative estimate of drug-likeness (QED) is 0.334. The van der Waals surface area contributed by atoms with Gasteiger partial charge in [0.1, 0.15) is 15.9 Å². The van der Waals surface area contributed by atoms with Gasteiger partial charge in [-0.25, -0.2) is 0 Å². The molecule has 32 heavy (non-hydrogen) atoms. The summed E-state index contributed by atoms with van der Waals surface area (Å²) >= 11 is 12.5. The summed E-state index contributed by atoms with van der Waals surface area (Å²) in [6.07, 6.45) is 0. The van der Waals surface area contributed by atoms with Crippen molar-refractivity contribution in [2.75, 3.05) is 0 Å². The molecule has 5 heteroatoms. The molecular weight excluding hydrogens is 456 g/mol. The van der Waals surface area contributed by atoms with Crippen LogP contribution in [0, 0.1) is 0 Å². The van der Waals surface area contributed by atoms with Crippen LogP contribution in [0.25, 0.3) is 0 Å². The van der Waals surface area contributed by atoms with E-state index < -0.39 is 7.26 Å². The summed E-state index contributed by atoms with van der Waals surface area (Å²) in [7, 11) is -2.48. The van der Waals surface area contributed by atoms with Gasteiger partial charge < -0.3 is 0 Å². The van der Waals surface area contributed by atoms with Gasteiger partial charge in [0.15, 0.2) is 12.7 Å². The van der Waals surface area contributed by atoms with E-state index in [1.54, 1.807) is 24.3 Å². The van der Waals surface area contributed by atoms with E-state index in [1.165, 1.54) is 5.54 Å². The lowest BCUT2D eigenvalue weighted by Crippen LogP contribution is -2.38. The summed E-state index contributed by atoms with van der Waals surface area (Å²) in [4.78, 5) is 13.2. The Morgan fingerprint density at radius 3 is 1.44 bits per heavy atom. The number of halogens is 2. The van der Waals surface area contributed by atoms with Crippen LogP contribution in [-0.2, 0) is 0 Å². The van der Waals surface area contributed by atoms with Crippen molar-refractivity contribution in [1.82, 2.24) is 5.32 Å². The normalized spacial score (nSPS) is 11.8. The number of nitrogens with one attached hydrogen (secondary N) is 1. The van der Waals surface area contributed by atoms with Gasteiger partial charge in [-0.2, -0.15) is 0 Å². The Labute approximate surface area is 198 Å². The van der Waals surface area contributed by atoms with E-state index in [0.29, 0.717) is 16.0 Å². The fourth-order valence-corrected chi connectivity index (χ4v) is 8.42. The molecule has 0 radical (unpaired) electrons. The SMILES string of the molecule is O=C(N/C(=C\Cl)[P+](c1ccccc1)(c1ccccc1)c1ccccc1)c1ccc(Cl)cc1. The Morgan fingerprint density at radius 2 is 1.06 bits per heavy atom. The van der Waals surface area contributed by atoms with Crippen molar-refractivity contribution in [3.8, 4) is 0 Å². The summed E-state index contributed by atoms with van der Waals surface area (Å²) < 4.78 is 0. The molecule has 4 aromatic carbocycles. The highest BCUT2D eigenvalue weighted by Crippen LogP contribution is 2.61. The van der Waals surface area contributed by atoms with Crippen molar-refractivity contribution in [3.05, 3.63) is 137 Å². The lowest BCUT2D eigenvalue weighted by atomic mass is 10.2. The number of carbonyl (C=O) groups is 1. The van der Waals surface area contributed by atoms with Gasteiger partial charge in [0, 0.05) is 10.6 Å². The summed E-state index contributed by atoms with van der Waals surface area (Å²) in [5.74, 6) is -0.235. The fourth-order valence-electron chi connectivity index (χ4n) is 3.79. The third kappa shape index (κ3) is 4.36. The zero-order valence-corrected chi connectivity index (χ0v) is 19.6. The molecule has 2 nitrogen and oxygen atoms in total. The second-order valence-corrected chi connectivity index (χ2v) is 11.2. The summed E-state index contributed by atoms with van der Waals surface area (Å²) in [5.41, 5.74) is 2.69. The number of hydrogen-bond donors (Lipinski definition) is 1. The molecule has 0 aliphatic carbocycles. The predicted molar refractivity (Wildman–Crippen MR) is 138 cm³/mol. The molecular formula is C27H21Cl2NOP+.